The molecule has 0 aromatic carbocycles. The number of halogens is 1. The van der Waals surface area contributed by atoms with Crippen molar-refractivity contribution < 1.29 is 4.79 Å². The molecule has 0 unspecified atom stereocenters. The minimum absolute atomic E-state index is 0.0863. The zero-order chi connectivity index (χ0) is 9.68. The summed E-state index contributed by atoms with van der Waals surface area (Å²) in [5.41, 5.74) is 0. The Kier molecular flexibility index (Phi) is 3.70. The molecule has 0 aliphatic carbocycles. The minimum atomic E-state index is -0.0863. The second-order valence-electron chi connectivity index (χ2n) is 2.61. The monoisotopic (exact) mass is 202 g/mol. The highest BCUT2D eigenvalue weighted by atomic mass is 35.5. The lowest BCUT2D eigenvalue weighted by Crippen LogP contribution is -2.14. The van der Waals surface area contributed by atoms with Gasteiger partial charge in [0.2, 0.25) is 11.9 Å². The molecule has 13 heavy (non-hydrogen) atoms. The molecule has 0 spiro atoms. The third-order valence-corrected chi connectivity index (χ3v) is 1.77. The maximum atomic E-state index is 11.2. The number of amides is 1. The molecule has 0 atom stereocenters. The maximum Gasteiger partial charge on any atom is 0.230 e. The molecule has 0 radical (unpaired) electrons. The second kappa shape index (κ2) is 4.81. The Morgan fingerprint density at radius 1 is 1.77 bits per heavy atom. The van der Waals surface area contributed by atoms with Crippen molar-refractivity contribution in [3.05, 3.63) is 6.33 Å². The summed E-state index contributed by atoms with van der Waals surface area (Å²) in [6.45, 7) is 0. The van der Waals surface area contributed by atoms with Crippen molar-refractivity contribution >= 4 is 23.5 Å². The first-order valence-electron chi connectivity index (χ1n) is 3.94. The highest BCUT2D eigenvalue weighted by molar-refractivity contribution is 6.18. The molecule has 1 amide bonds. The summed E-state index contributed by atoms with van der Waals surface area (Å²) in [5, 5.41) is 9.96. The number of anilines is 1. The first-order chi connectivity index (χ1) is 6.24. The molecule has 0 fully saturated rings. The second-order valence-corrected chi connectivity index (χ2v) is 2.98. The van der Waals surface area contributed by atoms with Crippen LogP contribution in [0.25, 0.3) is 0 Å². The van der Waals surface area contributed by atoms with Gasteiger partial charge in [0.25, 0.3) is 0 Å². The number of nitrogens with one attached hydrogen (secondary N) is 1. The van der Waals surface area contributed by atoms with Crippen LogP contribution in [0.5, 0.6) is 0 Å². The molecule has 1 aromatic rings. The number of aryl methyl sites for hydroxylation is 1. The summed E-state index contributed by atoms with van der Waals surface area (Å²) in [5.74, 6) is 0.864. The third kappa shape index (κ3) is 3.02. The van der Waals surface area contributed by atoms with Crippen molar-refractivity contribution in [2.24, 2.45) is 7.05 Å². The van der Waals surface area contributed by atoms with E-state index in [0.29, 0.717) is 24.7 Å². The van der Waals surface area contributed by atoms with Crippen molar-refractivity contribution in [3.8, 4) is 0 Å². The predicted molar refractivity (Wildman–Crippen MR) is 49.6 cm³/mol. The van der Waals surface area contributed by atoms with Gasteiger partial charge in [0.15, 0.2) is 0 Å². The number of alkyl halides is 1. The molecule has 0 aliphatic rings. The van der Waals surface area contributed by atoms with E-state index >= 15 is 0 Å². The molecule has 5 nitrogen and oxygen atoms in total. The Morgan fingerprint density at radius 3 is 3.08 bits per heavy atom. The number of rotatable bonds is 4. The van der Waals surface area contributed by atoms with Gasteiger partial charge in [0, 0.05) is 19.3 Å². The van der Waals surface area contributed by atoms with Gasteiger partial charge in [-0.3, -0.25) is 10.1 Å². The Balaban J connectivity index is 2.41. The Morgan fingerprint density at radius 2 is 2.54 bits per heavy atom. The molecule has 72 valence electrons. The van der Waals surface area contributed by atoms with Gasteiger partial charge in [-0.05, 0) is 6.42 Å². The molecule has 1 N–H and O–H groups in total. The van der Waals surface area contributed by atoms with Crippen LogP contribution >= 0.6 is 11.6 Å². The maximum absolute atomic E-state index is 11.2. The van der Waals surface area contributed by atoms with Crippen molar-refractivity contribution in [2.45, 2.75) is 12.8 Å². The fraction of sp³-hybridized carbons (Fsp3) is 0.571. The normalized spacial score (nSPS) is 10.0. The molecule has 0 bridgehead atoms. The van der Waals surface area contributed by atoms with Gasteiger partial charge in [0.05, 0.1) is 0 Å². The van der Waals surface area contributed by atoms with E-state index in [4.69, 9.17) is 11.6 Å². The third-order valence-electron chi connectivity index (χ3n) is 1.50. The van der Waals surface area contributed by atoms with Crippen LogP contribution in [-0.4, -0.2) is 26.6 Å². The van der Waals surface area contributed by atoms with Gasteiger partial charge in [-0.1, -0.05) is 0 Å². The zero-order valence-electron chi connectivity index (χ0n) is 7.33. The zero-order valence-corrected chi connectivity index (χ0v) is 8.08. The average molecular weight is 203 g/mol. The van der Waals surface area contributed by atoms with Crippen LogP contribution in [0.2, 0.25) is 0 Å². The van der Waals surface area contributed by atoms with Crippen molar-refractivity contribution in [3.63, 3.8) is 0 Å². The van der Waals surface area contributed by atoms with Crippen LogP contribution in [-0.2, 0) is 11.8 Å². The number of carbonyl (C=O) groups excluding carboxylic acids is 1. The van der Waals surface area contributed by atoms with Gasteiger partial charge in [-0.2, -0.15) is 0 Å². The number of nitrogens with zero attached hydrogens (tertiary/aromatic N) is 3. The molecule has 6 heteroatoms. The van der Waals surface area contributed by atoms with Crippen molar-refractivity contribution in [1.29, 1.82) is 0 Å². The fourth-order valence-corrected chi connectivity index (χ4v) is 0.945. The van der Waals surface area contributed by atoms with E-state index in [1.54, 1.807) is 11.6 Å². The van der Waals surface area contributed by atoms with E-state index in [9.17, 15) is 4.79 Å². The van der Waals surface area contributed by atoms with E-state index in [2.05, 4.69) is 15.5 Å². The smallest absolute Gasteiger partial charge is 0.230 e. The molecule has 1 heterocycles. The van der Waals surface area contributed by atoms with Gasteiger partial charge >= 0.3 is 0 Å². The van der Waals surface area contributed by atoms with E-state index in [0.717, 1.165) is 0 Å². The SMILES string of the molecule is Cn1cnnc1NC(=O)CCCCl. The topological polar surface area (TPSA) is 59.8 Å². The summed E-state index contributed by atoms with van der Waals surface area (Å²) < 4.78 is 1.64. The van der Waals surface area contributed by atoms with Crippen LogP contribution in [0.1, 0.15) is 12.8 Å². The van der Waals surface area contributed by atoms with Gasteiger partial charge < -0.3 is 4.57 Å². The molecule has 0 saturated carbocycles. The largest absolute Gasteiger partial charge is 0.303 e. The Labute approximate surface area is 81.1 Å². The summed E-state index contributed by atoms with van der Waals surface area (Å²) in [6, 6.07) is 0. The fourth-order valence-electron chi connectivity index (χ4n) is 0.811. The first kappa shape index (κ1) is 9.98. The number of hydrogen-bond donors (Lipinski definition) is 1. The van der Waals surface area contributed by atoms with E-state index < -0.39 is 0 Å². The molecular weight excluding hydrogens is 192 g/mol. The Hall–Kier alpha value is -1.10. The van der Waals surface area contributed by atoms with Crippen LogP contribution < -0.4 is 5.32 Å². The number of carbonyl (C=O) groups is 1. The lowest BCUT2D eigenvalue weighted by molar-refractivity contribution is -0.116. The van der Waals surface area contributed by atoms with Crippen LogP contribution in [0, 0.1) is 0 Å². The minimum Gasteiger partial charge on any atom is -0.303 e. The van der Waals surface area contributed by atoms with Crippen LogP contribution in [0.3, 0.4) is 0 Å². The predicted octanol–water partition coefficient (Wildman–Crippen LogP) is 0.773. The summed E-state index contributed by atoms with van der Waals surface area (Å²) in [7, 11) is 1.76. The van der Waals surface area contributed by atoms with Crippen molar-refractivity contribution in [2.75, 3.05) is 11.2 Å². The quantitative estimate of drug-likeness (QED) is 0.734. The summed E-state index contributed by atoms with van der Waals surface area (Å²) >= 11 is 5.45. The van der Waals surface area contributed by atoms with Gasteiger partial charge in [-0.15, -0.1) is 21.8 Å². The Bertz CT molecular complexity index is 286. The molecule has 0 aliphatic heterocycles. The van der Waals surface area contributed by atoms with Crippen molar-refractivity contribution in [1.82, 2.24) is 14.8 Å². The highest BCUT2D eigenvalue weighted by Gasteiger charge is 2.05. The van der Waals surface area contributed by atoms with Gasteiger partial charge in [-0.25, -0.2) is 0 Å². The molecule has 0 saturated heterocycles. The van der Waals surface area contributed by atoms with E-state index in [1.165, 1.54) is 6.33 Å². The van der Waals surface area contributed by atoms with E-state index in [-0.39, 0.29) is 5.91 Å². The molecule has 1 aromatic heterocycles. The molecular formula is C7H11ClN4O. The number of aromatic nitrogens is 3. The van der Waals surface area contributed by atoms with Gasteiger partial charge in [0.1, 0.15) is 6.33 Å². The highest BCUT2D eigenvalue weighted by Crippen LogP contribution is 2.00. The lowest BCUT2D eigenvalue weighted by atomic mass is 10.3. The number of hydrogen-bond acceptors (Lipinski definition) is 3. The average Bonchev–Trinajstić information content (AvgIpc) is 2.48. The summed E-state index contributed by atoms with van der Waals surface area (Å²) in [6.07, 6.45) is 2.61. The standard InChI is InChI=1S/C7H11ClN4O/c1-12-5-9-11-7(12)10-6(13)3-2-4-8/h5H,2-4H2,1H3,(H,10,11,13). The van der Waals surface area contributed by atoms with Crippen LogP contribution in [0.15, 0.2) is 6.33 Å². The lowest BCUT2D eigenvalue weighted by Gasteiger charge is -2.01. The summed E-state index contributed by atoms with van der Waals surface area (Å²) in [4.78, 5) is 11.2. The first-order valence-corrected chi connectivity index (χ1v) is 4.47. The van der Waals surface area contributed by atoms with E-state index in [1.807, 2.05) is 0 Å². The van der Waals surface area contributed by atoms with Crippen LogP contribution in [0.4, 0.5) is 5.95 Å². The molecule has 1 rings (SSSR count).